The number of carbonyl (C=O) groups excluding carboxylic acids is 3. The van der Waals surface area contributed by atoms with Crippen LogP contribution >= 0.6 is 11.8 Å². The highest BCUT2D eigenvalue weighted by Crippen LogP contribution is 2.09. The molecule has 0 bridgehead atoms. The van der Waals surface area contributed by atoms with Crippen LogP contribution in [0.3, 0.4) is 0 Å². The third-order valence-corrected chi connectivity index (χ3v) is 3.58. The molecule has 0 spiro atoms. The molecule has 0 aliphatic carbocycles. The van der Waals surface area contributed by atoms with Crippen molar-refractivity contribution in [3.8, 4) is 0 Å². The van der Waals surface area contributed by atoms with Crippen molar-refractivity contribution in [2.75, 3.05) is 38.2 Å². The first-order chi connectivity index (χ1) is 9.02. The molecule has 1 rings (SSSR count). The maximum Gasteiger partial charge on any atom is 0.230 e. The van der Waals surface area contributed by atoms with Crippen molar-refractivity contribution in [3.63, 3.8) is 0 Å². The topological polar surface area (TPSA) is 98.7 Å². The zero-order chi connectivity index (χ0) is 14.3. The highest BCUT2D eigenvalue weighted by Gasteiger charge is 2.27. The normalized spacial score (nSPS) is 18.5. The van der Waals surface area contributed by atoms with Crippen molar-refractivity contribution < 1.29 is 19.5 Å². The molecule has 3 N–H and O–H groups in total. The van der Waals surface area contributed by atoms with E-state index in [9.17, 15) is 19.5 Å². The number of thioether (sulfide) groups is 1. The number of rotatable bonds is 7. The van der Waals surface area contributed by atoms with Gasteiger partial charge in [0.05, 0.1) is 24.0 Å². The molecule has 1 heterocycles. The Morgan fingerprint density at radius 2 is 2.11 bits per heavy atom. The number of aliphatic hydroxyl groups excluding tert-OH is 1. The second-order valence-electron chi connectivity index (χ2n) is 4.21. The van der Waals surface area contributed by atoms with Crippen LogP contribution in [0.2, 0.25) is 0 Å². The minimum Gasteiger partial charge on any atom is -0.391 e. The third-order valence-electron chi connectivity index (χ3n) is 2.64. The van der Waals surface area contributed by atoms with Gasteiger partial charge in [0.1, 0.15) is 0 Å². The zero-order valence-corrected chi connectivity index (χ0v) is 11.7. The number of nitrogens with one attached hydrogen (secondary N) is 2. The summed E-state index contributed by atoms with van der Waals surface area (Å²) in [5, 5.41) is 14.4. The van der Waals surface area contributed by atoms with E-state index in [-0.39, 0.29) is 35.6 Å². The van der Waals surface area contributed by atoms with E-state index < -0.39 is 6.10 Å². The molecule has 1 saturated heterocycles. The molecule has 7 nitrogen and oxygen atoms in total. The van der Waals surface area contributed by atoms with E-state index in [0.29, 0.717) is 19.6 Å². The molecule has 0 aromatic rings. The van der Waals surface area contributed by atoms with Crippen molar-refractivity contribution in [2.45, 2.75) is 12.5 Å². The molecule has 108 valence electrons. The van der Waals surface area contributed by atoms with Crippen LogP contribution < -0.4 is 10.6 Å². The molecular weight excluding hydrogens is 270 g/mol. The second kappa shape index (κ2) is 8.00. The van der Waals surface area contributed by atoms with Gasteiger partial charge < -0.3 is 20.6 Å². The van der Waals surface area contributed by atoms with Gasteiger partial charge in [-0.15, -0.1) is 11.8 Å². The number of hydrogen-bond donors (Lipinski definition) is 3. The molecule has 1 fully saturated rings. The average molecular weight is 289 g/mol. The average Bonchev–Trinajstić information content (AvgIpc) is 2.67. The van der Waals surface area contributed by atoms with Crippen LogP contribution in [0.15, 0.2) is 0 Å². The number of aliphatic hydroxyl groups is 1. The number of likely N-dealkylation sites (tertiary alicyclic amines) is 1. The molecule has 1 aliphatic rings. The Hall–Kier alpha value is -1.28. The summed E-state index contributed by atoms with van der Waals surface area (Å²) in [4.78, 5) is 35.2. The molecule has 8 heteroatoms. The van der Waals surface area contributed by atoms with Gasteiger partial charge in [0.25, 0.3) is 0 Å². The van der Waals surface area contributed by atoms with Crippen LogP contribution in [0.4, 0.5) is 0 Å². The highest BCUT2D eigenvalue weighted by atomic mass is 32.2. The lowest BCUT2D eigenvalue weighted by atomic mass is 10.3. The highest BCUT2D eigenvalue weighted by molar-refractivity contribution is 8.00. The summed E-state index contributed by atoms with van der Waals surface area (Å²) in [6.07, 6.45) is -0.429. The van der Waals surface area contributed by atoms with Crippen molar-refractivity contribution in [3.05, 3.63) is 0 Å². The lowest BCUT2D eigenvalue weighted by Gasteiger charge is -2.15. The fourth-order valence-electron chi connectivity index (χ4n) is 1.66. The summed E-state index contributed by atoms with van der Waals surface area (Å²) in [6.45, 7) is 1.10. The van der Waals surface area contributed by atoms with Gasteiger partial charge in [-0.1, -0.05) is 0 Å². The third kappa shape index (κ3) is 5.93. The first-order valence-corrected chi connectivity index (χ1v) is 7.19. The Morgan fingerprint density at radius 1 is 1.42 bits per heavy atom. The van der Waals surface area contributed by atoms with Crippen molar-refractivity contribution in [1.82, 2.24) is 15.5 Å². The molecule has 0 radical (unpaired) electrons. The Kier molecular flexibility index (Phi) is 6.65. The lowest BCUT2D eigenvalue weighted by Crippen LogP contribution is -2.36. The largest absolute Gasteiger partial charge is 0.391 e. The van der Waals surface area contributed by atoms with Crippen LogP contribution in [-0.4, -0.2) is 72.0 Å². The Bertz CT molecular complexity index is 351. The van der Waals surface area contributed by atoms with E-state index >= 15 is 0 Å². The summed E-state index contributed by atoms with van der Waals surface area (Å²) in [6, 6.07) is 0. The van der Waals surface area contributed by atoms with E-state index in [1.807, 2.05) is 0 Å². The second-order valence-corrected chi connectivity index (χ2v) is 5.20. The zero-order valence-electron chi connectivity index (χ0n) is 10.8. The molecular formula is C11H19N3O4S. The van der Waals surface area contributed by atoms with Crippen LogP contribution in [0, 0.1) is 0 Å². The SMILES string of the molecule is CNC(=O)CSCC(=O)NCCN1C[C@@H](O)CC1=O. The van der Waals surface area contributed by atoms with Crippen molar-refractivity contribution >= 4 is 29.5 Å². The van der Waals surface area contributed by atoms with Crippen LogP contribution in [0.1, 0.15) is 6.42 Å². The van der Waals surface area contributed by atoms with Gasteiger partial charge in [-0.2, -0.15) is 0 Å². The maximum absolute atomic E-state index is 11.4. The van der Waals surface area contributed by atoms with Gasteiger partial charge in [-0.3, -0.25) is 14.4 Å². The quantitative estimate of drug-likeness (QED) is 0.512. The molecule has 1 aliphatic heterocycles. The van der Waals surface area contributed by atoms with Gasteiger partial charge in [-0.25, -0.2) is 0 Å². The van der Waals surface area contributed by atoms with Gasteiger partial charge in [0.15, 0.2) is 0 Å². The van der Waals surface area contributed by atoms with Crippen LogP contribution in [0.25, 0.3) is 0 Å². The van der Waals surface area contributed by atoms with E-state index in [0.717, 1.165) is 0 Å². The Labute approximate surface area is 116 Å². The Morgan fingerprint density at radius 3 is 2.68 bits per heavy atom. The standard InChI is InChI=1S/C11H19N3O4S/c1-12-9(16)6-19-7-10(17)13-2-3-14-5-8(15)4-11(14)18/h8,15H,2-7H2,1H3,(H,12,16)(H,13,17)/t8-/m0/s1. The van der Waals surface area contributed by atoms with E-state index in [1.54, 1.807) is 7.05 Å². The summed E-state index contributed by atoms with van der Waals surface area (Å²) in [5.74, 6) is 0.0938. The number of β-amino-alcohol motifs (C(OH)–C–C–N with tert-alkyl or cyclic N) is 1. The number of nitrogens with zero attached hydrogens (tertiary/aromatic N) is 1. The molecule has 0 aromatic carbocycles. The van der Waals surface area contributed by atoms with E-state index in [4.69, 9.17) is 0 Å². The molecule has 3 amide bonds. The monoisotopic (exact) mass is 289 g/mol. The predicted molar refractivity (Wildman–Crippen MR) is 71.6 cm³/mol. The van der Waals surface area contributed by atoms with Gasteiger partial charge in [0.2, 0.25) is 17.7 Å². The van der Waals surface area contributed by atoms with Gasteiger partial charge in [0, 0.05) is 26.7 Å². The van der Waals surface area contributed by atoms with Crippen LogP contribution in [0.5, 0.6) is 0 Å². The van der Waals surface area contributed by atoms with Gasteiger partial charge >= 0.3 is 0 Å². The fraction of sp³-hybridized carbons (Fsp3) is 0.727. The first kappa shape index (κ1) is 15.8. The van der Waals surface area contributed by atoms with Gasteiger partial charge in [-0.05, 0) is 0 Å². The maximum atomic E-state index is 11.4. The molecule has 0 unspecified atom stereocenters. The molecule has 1 atom stereocenters. The fourth-order valence-corrected chi connectivity index (χ4v) is 2.38. The molecule has 0 aromatic heterocycles. The summed E-state index contributed by atoms with van der Waals surface area (Å²) in [5.41, 5.74) is 0. The minimum atomic E-state index is -0.591. The minimum absolute atomic E-state index is 0.0873. The number of hydrogen-bond acceptors (Lipinski definition) is 5. The lowest BCUT2D eigenvalue weighted by molar-refractivity contribution is -0.128. The molecule has 0 saturated carbocycles. The predicted octanol–water partition coefficient (Wildman–Crippen LogP) is -1.82. The van der Waals surface area contributed by atoms with E-state index in [1.165, 1.54) is 16.7 Å². The number of amides is 3. The summed E-state index contributed by atoms with van der Waals surface area (Å²) >= 11 is 1.23. The first-order valence-electron chi connectivity index (χ1n) is 6.03. The van der Waals surface area contributed by atoms with E-state index in [2.05, 4.69) is 10.6 Å². The summed E-state index contributed by atoms with van der Waals surface area (Å²) in [7, 11) is 1.55. The van der Waals surface area contributed by atoms with Crippen LogP contribution in [-0.2, 0) is 14.4 Å². The Balaban J connectivity index is 2.07. The van der Waals surface area contributed by atoms with Crippen molar-refractivity contribution in [2.24, 2.45) is 0 Å². The molecule has 19 heavy (non-hydrogen) atoms. The smallest absolute Gasteiger partial charge is 0.230 e. The number of carbonyl (C=O) groups is 3. The van der Waals surface area contributed by atoms with Crippen molar-refractivity contribution in [1.29, 1.82) is 0 Å². The summed E-state index contributed by atoms with van der Waals surface area (Å²) < 4.78 is 0.